The number of amides is 1. The zero-order chi connectivity index (χ0) is 18.5. The van der Waals surface area contributed by atoms with Crippen LogP contribution in [0.4, 0.5) is 4.39 Å². The summed E-state index contributed by atoms with van der Waals surface area (Å²) in [6, 6.07) is 9.32. The van der Waals surface area contributed by atoms with Gasteiger partial charge < -0.3 is 21.5 Å². The molecule has 2 heterocycles. The topological polar surface area (TPSA) is 103 Å². The number of benzene rings is 1. The summed E-state index contributed by atoms with van der Waals surface area (Å²) in [5.41, 5.74) is 12.0. The Morgan fingerprint density at radius 3 is 2.48 bits per heavy atom. The number of ether oxygens (including phenoxy) is 1. The van der Waals surface area contributed by atoms with E-state index in [4.69, 9.17) is 16.2 Å². The molecule has 144 valence electrons. The minimum Gasteiger partial charge on any atom is -0.474 e. The molecule has 0 spiro atoms. The van der Waals surface area contributed by atoms with Crippen molar-refractivity contribution in [1.29, 1.82) is 0 Å². The Kier molecular flexibility index (Phi) is 5.12. The Hall–Kier alpha value is -2.22. The third kappa shape index (κ3) is 3.63. The molecule has 2 aromatic rings. The van der Waals surface area contributed by atoms with Gasteiger partial charge in [-0.2, -0.15) is 0 Å². The molecule has 1 aromatic heterocycles. The Labute approximate surface area is 162 Å². The summed E-state index contributed by atoms with van der Waals surface area (Å²) in [6.45, 7) is 3.43. The molecule has 0 bridgehead atoms. The average Bonchev–Trinajstić information content (AvgIpc) is 3.03. The lowest BCUT2D eigenvalue weighted by Gasteiger charge is -2.22. The molecule has 1 unspecified atom stereocenters. The number of primary amides is 1. The van der Waals surface area contributed by atoms with E-state index in [1.165, 1.54) is 12.1 Å². The van der Waals surface area contributed by atoms with Crippen molar-refractivity contribution < 1.29 is 13.9 Å². The fourth-order valence-corrected chi connectivity index (χ4v) is 3.45. The minimum atomic E-state index is -1.36. The third-order valence-corrected chi connectivity index (χ3v) is 5.32. The van der Waals surface area contributed by atoms with Crippen molar-refractivity contribution in [2.45, 2.75) is 18.6 Å². The monoisotopic (exact) mass is 392 g/mol. The van der Waals surface area contributed by atoms with Crippen LogP contribution in [0.2, 0.25) is 0 Å². The minimum absolute atomic E-state index is 0. The molecule has 2 aliphatic rings. The molecule has 6 nitrogen and oxygen atoms in total. The summed E-state index contributed by atoms with van der Waals surface area (Å²) in [4.78, 5) is 16.3. The number of piperidine rings is 1. The van der Waals surface area contributed by atoms with Crippen LogP contribution in [0.1, 0.15) is 12.5 Å². The van der Waals surface area contributed by atoms with E-state index < -0.39 is 11.4 Å². The van der Waals surface area contributed by atoms with Gasteiger partial charge in [-0.25, -0.2) is 9.37 Å². The van der Waals surface area contributed by atoms with Crippen LogP contribution in [0, 0.1) is 17.7 Å². The van der Waals surface area contributed by atoms with Gasteiger partial charge in [0, 0.05) is 36.6 Å². The van der Waals surface area contributed by atoms with Crippen molar-refractivity contribution in [3.8, 4) is 17.1 Å². The predicted molar refractivity (Wildman–Crippen MR) is 102 cm³/mol. The van der Waals surface area contributed by atoms with Gasteiger partial charge in [0.2, 0.25) is 11.8 Å². The number of carbonyl (C=O) groups is 1. The number of nitrogens with one attached hydrogen (secondary N) is 1. The lowest BCUT2D eigenvalue weighted by Crippen LogP contribution is -2.46. The first-order chi connectivity index (χ1) is 12.4. The second kappa shape index (κ2) is 7.07. The van der Waals surface area contributed by atoms with E-state index in [1.807, 2.05) is 0 Å². The standard InChI is InChI=1S/C19H21FN4O2.ClH/c1-19(22,18(21)25)11-6-15(10-2-4-12(20)5-3-10)24-16(7-11)26-17-13-8-23-9-14(13)17;/h2-7,13-14,17,23H,8-9,22H2,1H3,(H2,21,25);1H/t13-,14+,17-,19?;. The van der Waals surface area contributed by atoms with E-state index in [1.54, 1.807) is 31.2 Å². The molecule has 1 aromatic carbocycles. The highest BCUT2D eigenvalue weighted by Crippen LogP contribution is 2.44. The summed E-state index contributed by atoms with van der Waals surface area (Å²) in [7, 11) is 0. The molecule has 5 N–H and O–H groups in total. The van der Waals surface area contributed by atoms with Gasteiger partial charge in [0.1, 0.15) is 17.5 Å². The number of rotatable bonds is 5. The Balaban J connectivity index is 0.00000210. The Bertz CT molecular complexity index is 849. The van der Waals surface area contributed by atoms with E-state index in [-0.39, 0.29) is 24.3 Å². The summed E-state index contributed by atoms with van der Waals surface area (Å²) in [5.74, 6) is 0.414. The smallest absolute Gasteiger partial charge is 0.241 e. The molecule has 1 aliphatic carbocycles. The fraction of sp³-hybridized carbons (Fsp3) is 0.368. The van der Waals surface area contributed by atoms with Crippen molar-refractivity contribution in [2.75, 3.05) is 13.1 Å². The lowest BCUT2D eigenvalue weighted by atomic mass is 9.92. The number of pyridine rings is 1. The van der Waals surface area contributed by atoms with Crippen LogP contribution in [0.5, 0.6) is 5.88 Å². The molecule has 1 aliphatic heterocycles. The number of nitrogens with zero attached hydrogens (tertiary/aromatic N) is 1. The maximum Gasteiger partial charge on any atom is 0.241 e. The number of halogens is 2. The summed E-state index contributed by atoms with van der Waals surface area (Å²) in [6.07, 6.45) is 0.123. The van der Waals surface area contributed by atoms with Crippen LogP contribution in [-0.2, 0) is 10.3 Å². The molecule has 2 fully saturated rings. The molecule has 4 rings (SSSR count). The first kappa shape index (κ1) is 19.5. The number of aromatic nitrogens is 1. The van der Waals surface area contributed by atoms with Gasteiger partial charge in [0.15, 0.2) is 0 Å². The second-order valence-electron chi connectivity index (χ2n) is 7.22. The Morgan fingerprint density at radius 1 is 1.26 bits per heavy atom. The number of hydrogen-bond acceptors (Lipinski definition) is 5. The maximum atomic E-state index is 13.2. The SMILES string of the molecule is CC(N)(C(N)=O)c1cc(O[C@@H]2[C@@H]3CNC[C@@H]32)nc(-c2ccc(F)cc2)c1.Cl. The van der Waals surface area contributed by atoms with Gasteiger partial charge in [0.05, 0.1) is 5.69 Å². The quantitative estimate of drug-likeness (QED) is 0.716. The lowest BCUT2D eigenvalue weighted by molar-refractivity contribution is -0.122. The largest absolute Gasteiger partial charge is 0.474 e. The number of nitrogens with two attached hydrogens (primary N) is 2. The van der Waals surface area contributed by atoms with Crippen molar-refractivity contribution in [3.63, 3.8) is 0 Å². The van der Waals surface area contributed by atoms with E-state index in [2.05, 4.69) is 10.3 Å². The summed E-state index contributed by atoms with van der Waals surface area (Å²) < 4.78 is 19.3. The highest BCUT2D eigenvalue weighted by atomic mass is 35.5. The molecule has 1 saturated carbocycles. The zero-order valence-electron chi connectivity index (χ0n) is 14.8. The molecular weight excluding hydrogens is 371 g/mol. The highest BCUT2D eigenvalue weighted by Gasteiger charge is 2.55. The highest BCUT2D eigenvalue weighted by molar-refractivity contribution is 5.86. The molecule has 27 heavy (non-hydrogen) atoms. The van der Waals surface area contributed by atoms with Crippen LogP contribution in [-0.4, -0.2) is 30.1 Å². The fourth-order valence-electron chi connectivity index (χ4n) is 3.45. The normalized spacial score (nSPS) is 25.1. The number of carbonyl (C=O) groups excluding carboxylic acids is 1. The second-order valence-corrected chi connectivity index (χ2v) is 7.22. The van der Waals surface area contributed by atoms with E-state index in [0.717, 1.165) is 13.1 Å². The third-order valence-electron chi connectivity index (χ3n) is 5.32. The van der Waals surface area contributed by atoms with Crippen molar-refractivity contribution in [3.05, 3.63) is 47.8 Å². The van der Waals surface area contributed by atoms with Gasteiger partial charge in [-0.15, -0.1) is 12.4 Å². The van der Waals surface area contributed by atoms with Crippen LogP contribution in [0.25, 0.3) is 11.3 Å². The van der Waals surface area contributed by atoms with E-state index in [0.29, 0.717) is 34.5 Å². The molecule has 1 amide bonds. The first-order valence-electron chi connectivity index (χ1n) is 8.61. The van der Waals surface area contributed by atoms with Crippen molar-refractivity contribution in [1.82, 2.24) is 10.3 Å². The van der Waals surface area contributed by atoms with E-state index in [9.17, 15) is 9.18 Å². The van der Waals surface area contributed by atoms with Gasteiger partial charge in [-0.1, -0.05) is 0 Å². The predicted octanol–water partition coefficient (Wildman–Crippen LogP) is 1.57. The molecule has 8 heteroatoms. The van der Waals surface area contributed by atoms with Gasteiger partial charge >= 0.3 is 0 Å². The summed E-state index contributed by atoms with van der Waals surface area (Å²) >= 11 is 0. The molecule has 4 atom stereocenters. The van der Waals surface area contributed by atoms with Crippen molar-refractivity contribution >= 4 is 18.3 Å². The van der Waals surface area contributed by atoms with Crippen LogP contribution in [0.3, 0.4) is 0 Å². The van der Waals surface area contributed by atoms with Gasteiger partial charge in [-0.3, -0.25) is 4.79 Å². The zero-order valence-corrected chi connectivity index (χ0v) is 15.6. The number of hydrogen-bond donors (Lipinski definition) is 3. The van der Waals surface area contributed by atoms with Crippen LogP contribution < -0.4 is 21.5 Å². The first-order valence-corrected chi connectivity index (χ1v) is 8.61. The average molecular weight is 393 g/mol. The van der Waals surface area contributed by atoms with Crippen molar-refractivity contribution in [2.24, 2.45) is 23.3 Å². The van der Waals surface area contributed by atoms with Crippen LogP contribution in [0.15, 0.2) is 36.4 Å². The van der Waals surface area contributed by atoms with Crippen LogP contribution >= 0.6 is 12.4 Å². The van der Waals surface area contributed by atoms with Gasteiger partial charge in [0.25, 0.3) is 0 Å². The maximum absolute atomic E-state index is 13.2. The Morgan fingerprint density at radius 2 is 1.89 bits per heavy atom. The van der Waals surface area contributed by atoms with Gasteiger partial charge in [-0.05, 0) is 42.8 Å². The number of fused-ring (bicyclic) bond motifs is 1. The van der Waals surface area contributed by atoms with E-state index >= 15 is 0 Å². The molecule has 1 saturated heterocycles. The molecular formula is C19H22ClFN4O2. The molecule has 0 radical (unpaired) electrons. The summed E-state index contributed by atoms with van der Waals surface area (Å²) in [5, 5.41) is 3.31.